The van der Waals surface area contributed by atoms with Gasteiger partial charge in [-0.2, -0.15) is 0 Å². The van der Waals surface area contributed by atoms with Crippen molar-refractivity contribution >= 4 is 29.1 Å². The van der Waals surface area contributed by atoms with Gasteiger partial charge in [-0.3, -0.25) is 19.7 Å². The maximum absolute atomic E-state index is 11.8. The topological polar surface area (TPSA) is 84.5 Å². The number of rotatable bonds is 3. The quantitative estimate of drug-likeness (QED) is 0.738. The Bertz CT molecular complexity index is 482. The summed E-state index contributed by atoms with van der Waals surface area (Å²) < 4.78 is 5.01. The summed E-state index contributed by atoms with van der Waals surface area (Å²) in [6.45, 7) is 0. The second-order valence-electron chi connectivity index (χ2n) is 3.47. The molecule has 1 unspecified atom stereocenters. The lowest BCUT2D eigenvalue weighted by atomic mass is 10.2. The van der Waals surface area contributed by atoms with E-state index in [0.29, 0.717) is 10.6 Å². The molecule has 0 bridgehead atoms. The van der Waals surface area contributed by atoms with Crippen LogP contribution in [-0.2, 0) is 9.59 Å². The van der Waals surface area contributed by atoms with Crippen molar-refractivity contribution in [2.24, 2.45) is 0 Å². The van der Waals surface area contributed by atoms with E-state index in [0.717, 1.165) is 0 Å². The number of thiophene rings is 1. The van der Waals surface area contributed by atoms with E-state index in [1.165, 1.54) is 18.4 Å². The molecule has 1 aliphatic heterocycles. The minimum absolute atomic E-state index is 0.0168. The molecule has 1 saturated heterocycles. The van der Waals surface area contributed by atoms with Crippen LogP contribution in [0, 0.1) is 0 Å². The lowest BCUT2D eigenvalue weighted by molar-refractivity contribution is -0.125. The van der Waals surface area contributed by atoms with Crippen LogP contribution in [0.15, 0.2) is 11.4 Å². The van der Waals surface area contributed by atoms with Gasteiger partial charge in [-0.05, 0) is 11.4 Å². The van der Waals surface area contributed by atoms with E-state index in [9.17, 15) is 14.4 Å². The van der Waals surface area contributed by atoms with E-state index in [1.54, 1.807) is 11.4 Å². The van der Waals surface area contributed by atoms with Crippen LogP contribution in [0.1, 0.15) is 16.8 Å². The Balaban J connectivity index is 2.07. The van der Waals surface area contributed by atoms with Crippen molar-refractivity contribution in [2.45, 2.75) is 12.5 Å². The van der Waals surface area contributed by atoms with Crippen LogP contribution in [-0.4, -0.2) is 30.9 Å². The SMILES string of the molecule is COc1sccc1C(=O)NC1CC(=O)NC1=O. The molecule has 90 valence electrons. The Morgan fingerprint density at radius 2 is 2.35 bits per heavy atom. The van der Waals surface area contributed by atoms with Crippen molar-refractivity contribution in [1.82, 2.24) is 10.6 Å². The molecule has 6 nitrogen and oxygen atoms in total. The first-order valence-corrected chi connectivity index (χ1v) is 5.76. The minimum atomic E-state index is -0.792. The fourth-order valence-corrected chi connectivity index (χ4v) is 2.24. The summed E-state index contributed by atoms with van der Waals surface area (Å²) in [6, 6.07) is 0.813. The highest BCUT2D eigenvalue weighted by Gasteiger charge is 2.32. The fourth-order valence-electron chi connectivity index (χ4n) is 1.53. The van der Waals surface area contributed by atoms with Crippen LogP contribution >= 0.6 is 11.3 Å². The van der Waals surface area contributed by atoms with Gasteiger partial charge in [-0.15, -0.1) is 11.3 Å². The number of amides is 3. The number of ether oxygens (including phenoxy) is 1. The molecule has 0 aliphatic carbocycles. The van der Waals surface area contributed by atoms with Gasteiger partial charge in [0, 0.05) is 0 Å². The average Bonchev–Trinajstić information content (AvgIpc) is 2.85. The Labute approximate surface area is 101 Å². The lowest BCUT2D eigenvalue weighted by Crippen LogP contribution is -2.40. The van der Waals surface area contributed by atoms with Gasteiger partial charge < -0.3 is 10.1 Å². The van der Waals surface area contributed by atoms with Crippen LogP contribution in [0.5, 0.6) is 5.06 Å². The number of carbonyl (C=O) groups excluding carboxylic acids is 3. The van der Waals surface area contributed by atoms with Crippen molar-refractivity contribution in [3.05, 3.63) is 17.0 Å². The van der Waals surface area contributed by atoms with Gasteiger partial charge in [-0.25, -0.2) is 0 Å². The smallest absolute Gasteiger partial charge is 0.256 e. The molecule has 7 heteroatoms. The summed E-state index contributed by atoms with van der Waals surface area (Å²) in [5.41, 5.74) is 0.365. The number of hydrogen-bond donors (Lipinski definition) is 2. The molecular formula is C10H10N2O4S. The Morgan fingerprint density at radius 3 is 2.94 bits per heavy atom. The zero-order valence-electron chi connectivity index (χ0n) is 8.98. The summed E-state index contributed by atoms with van der Waals surface area (Å²) in [5, 5.41) is 6.81. The normalized spacial score (nSPS) is 19.0. The number of carbonyl (C=O) groups is 3. The van der Waals surface area contributed by atoms with Crippen molar-refractivity contribution < 1.29 is 19.1 Å². The summed E-state index contributed by atoms with van der Waals surface area (Å²) in [7, 11) is 1.47. The van der Waals surface area contributed by atoms with Gasteiger partial charge in [0.15, 0.2) is 5.06 Å². The molecule has 0 radical (unpaired) electrons. The van der Waals surface area contributed by atoms with E-state index in [4.69, 9.17) is 4.74 Å². The summed E-state index contributed by atoms with van der Waals surface area (Å²) >= 11 is 1.29. The number of hydrogen-bond acceptors (Lipinski definition) is 5. The summed E-state index contributed by atoms with van der Waals surface area (Å²) in [4.78, 5) is 34.0. The summed E-state index contributed by atoms with van der Waals surface area (Å²) in [5.74, 6) is -1.27. The molecule has 0 spiro atoms. The molecule has 2 rings (SSSR count). The zero-order valence-corrected chi connectivity index (χ0v) is 9.80. The van der Waals surface area contributed by atoms with Gasteiger partial charge in [0.25, 0.3) is 5.91 Å². The predicted molar refractivity (Wildman–Crippen MR) is 59.9 cm³/mol. The number of nitrogens with one attached hydrogen (secondary N) is 2. The van der Waals surface area contributed by atoms with Crippen LogP contribution in [0.3, 0.4) is 0 Å². The first kappa shape index (κ1) is 11.6. The minimum Gasteiger partial charge on any atom is -0.487 e. The monoisotopic (exact) mass is 254 g/mol. The lowest BCUT2D eigenvalue weighted by Gasteiger charge is -2.08. The molecular weight excluding hydrogens is 244 g/mol. The molecule has 1 aromatic rings. The average molecular weight is 254 g/mol. The Morgan fingerprint density at radius 1 is 1.59 bits per heavy atom. The van der Waals surface area contributed by atoms with Crippen molar-refractivity contribution in [2.75, 3.05) is 7.11 Å². The molecule has 1 atom stereocenters. The van der Waals surface area contributed by atoms with Crippen molar-refractivity contribution in [1.29, 1.82) is 0 Å². The third-order valence-electron chi connectivity index (χ3n) is 2.33. The van der Waals surface area contributed by atoms with E-state index in [2.05, 4.69) is 10.6 Å². The van der Waals surface area contributed by atoms with E-state index in [1.807, 2.05) is 0 Å². The maximum Gasteiger partial charge on any atom is 0.256 e. The molecule has 1 aliphatic rings. The van der Waals surface area contributed by atoms with Crippen molar-refractivity contribution in [3.63, 3.8) is 0 Å². The molecule has 2 heterocycles. The molecule has 0 aromatic carbocycles. The van der Waals surface area contributed by atoms with Gasteiger partial charge in [-0.1, -0.05) is 0 Å². The molecule has 0 saturated carbocycles. The highest BCUT2D eigenvalue weighted by atomic mass is 32.1. The predicted octanol–water partition coefficient (Wildman–Crippen LogP) is -0.0984. The van der Waals surface area contributed by atoms with Crippen LogP contribution in [0.25, 0.3) is 0 Å². The third kappa shape index (κ3) is 2.28. The molecule has 1 fully saturated rings. The second-order valence-corrected chi connectivity index (χ2v) is 4.35. The van der Waals surface area contributed by atoms with Crippen LogP contribution in [0.4, 0.5) is 0 Å². The first-order valence-electron chi connectivity index (χ1n) is 4.88. The fraction of sp³-hybridized carbons (Fsp3) is 0.300. The highest BCUT2D eigenvalue weighted by Crippen LogP contribution is 2.25. The Kier molecular flexibility index (Phi) is 3.10. The standard InChI is InChI=1S/C10H10N2O4S/c1-16-10-5(2-3-17-10)8(14)11-6-4-7(13)12-9(6)15/h2-3,6H,4H2,1H3,(H,11,14)(H,12,13,15). The van der Waals surface area contributed by atoms with E-state index >= 15 is 0 Å². The molecule has 3 amide bonds. The largest absolute Gasteiger partial charge is 0.487 e. The van der Waals surface area contributed by atoms with Gasteiger partial charge in [0.2, 0.25) is 11.8 Å². The number of methoxy groups -OCH3 is 1. The number of imide groups is 1. The van der Waals surface area contributed by atoms with Gasteiger partial charge in [0.1, 0.15) is 6.04 Å². The Hall–Kier alpha value is -1.89. The maximum atomic E-state index is 11.8. The highest BCUT2D eigenvalue weighted by molar-refractivity contribution is 7.12. The van der Waals surface area contributed by atoms with E-state index < -0.39 is 17.9 Å². The van der Waals surface area contributed by atoms with Crippen LogP contribution < -0.4 is 15.4 Å². The molecule has 1 aromatic heterocycles. The zero-order chi connectivity index (χ0) is 12.4. The molecule has 17 heavy (non-hydrogen) atoms. The first-order chi connectivity index (χ1) is 8.11. The summed E-state index contributed by atoms with van der Waals surface area (Å²) in [6.07, 6.45) is -0.0168. The third-order valence-corrected chi connectivity index (χ3v) is 3.21. The van der Waals surface area contributed by atoms with Gasteiger partial charge in [0.05, 0.1) is 19.1 Å². The van der Waals surface area contributed by atoms with Gasteiger partial charge >= 0.3 is 0 Å². The van der Waals surface area contributed by atoms with Crippen LogP contribution in [0.2, 0.25) is 0 Å². The molecule has 2 N–H and O–H groups in total. The second kappa shape index (κ2) is 4.54. The van der Waals surface area contributed by atoms with Crippen molar-refractivity contribution in [3.8, 4) is 5.06 Å². The van der Waals surface area contributed by atoms with E-state index in [-0.39, 0.29) is 12.3 Å².